The van der Waals surface area contributed by atoms with Crippen LogP contribution in [0, 0.1) is 20.8 Å². The fraction of sp³-hybridized carbons (Fsp3) is 0.182. The molecule has 2 aromatic heterocycles. The van der Waals surface area contributed by atoms with Crippen molar-refractivity contribution in [3.05, 3.63) is 80.5 Å². The Morgan fingerprint density at radius 1 is 1.13 bits per heavy atom. The standard InChI is InChI=1S/C22H20ClN5OS2/c1-13-7-8-17(9-14(13)2)24-21(29)19-11-30-20(25-19)12-31-22-27-26-15(3)28(22)18-6-4-5-16(23)10-18/h4-11H,12H2,1-3H3,(H,24,29). The number of carbonyl (C=O) groups is 1. The van der Waals surface area contributed by atoms with E-state index >= 15 is 0 Å². The Kier molecular flexibility index (Phi) is 6.41. The molecule has 0 fully saturated rings. The van der Waals surface area contributed by atoms with Crippen molar-refractivity contribution in [2.24, 2.45) is 0 Å². The number of carbonyl (C=O) groups excluding carboxylic acids is 1. The van der Waals surface area contributed by atoms with E-state index in [1.807, 2.05) is 67.8 Å². The van der Waals surface area contributed by atoms with Gasteiger partial charge in [0.15, 0.2) is 5.16 Å². The number of hydrogen-bond donors (Lipinski definition) is 1. The summed E-state index contributed by atoms with van der Waals surface area (Å²) in [7, 11) is 0. The first-order chi connectivity index (χ1) is 14.9. The van der Waals surface area contributed by atoms with Crippen LogP contribution in [0.5, 0.6) is 0 Å². The van der Waals surface area contributed by atoms with Crippen LogP contribution in [0.1, 0.15) is 32.4 Å². The first kappa shape index (κ1) is 21.5. The molecule has 0 atom stereocenters. The van der Waals surface area contributed by atoms with Crippen LogP contribution < -0.4 is 5.32 Å². The highest BCUT2D eigenvalue weighted by Gasteiger charge is 2.15. The van der Waals surface area contributed by atoms with Gasteiger partial charge in [-0.15, -0.1) is 21.5 Å². The normalized spacial score (nSPS) is 11.0. The first-order valence-corrected chi connectivity index (χ1v) is 11.8. The number of benzene rings is 2. The summed E-state index contributed by atoms with van der Waals surface area (Å²) in [5.74, 6) is 1.14. The summed E-state index contributed by atoms with van der Waals surface area (Å²) >= 11 is 9.11. The van der Waals surface area contributed by atoms with E-state index < -0.39 is 0 Å². The highest BCUT2D eigenvalue weighted by atomic mass is 35.5. The Morgan fingerprint density at radius 2 is 1.97 bits per heavy atom. The molecule has 4 aromatic rings. The third-order valence-electron chi connectivity index (χ3n) is 4.74. The van der Waals surface area contributed by atoms with Gasteiger partial charge < -0.3 is 5.32 Å². The van der Waals surface area contributed by atoms with Gasteiger partial charge in [0.05, 0.1) is 11.4 Å². The number of halogens is 1. The monoisotopic (exact) mass is 469 g/mol. The van der Waals surface area contributed by atoms with E-state index in [0.717, 1.165) is 32.9 Å². The lowest BCUT2D eigenvalue weighted by Gasteiger charge is -2.08. The molecule has 0 bridgehead atoms. The van der Waals surface area contributed by atoms with Gasteiger partial charge in [-0.3, -0.25) is 9.36 Å². The SMILES string of the molecule is Cc1ccc(NC(=O)c2csc(CSc3nnc(C)n3-c3cccc(Cl)c3)n2)cc1C. The summed E-state index contributed by atoms with van der Waals surface area (Å²) in [4.78, 5) is 17.1. The van der Waals surface area contributed by atoms with Crippen LogP contribution in [-0.2, 0) is 5.75 Å². The number of amides is 1. The van der Waals surface area contributed by atoms with Gasteiger partial charge >= 0.3 is 0 Å². The lowest BCUT2D eigenvalue weighted by molar-refractivity contribution is 0.102. The van der Waals surface area contributed by atoms with Gasteiger partial charge in [-0.25, -0.2) is 4.98 Å². The smallest absolute Gasteiger partial charge is 0.275 e. The summed E-state index contributed by atoms with van der Waals surface area (Å²) in [6.45, 7) is 5.96. The maximum absolute atomic E-state index is 12.6. The number of rotatable bonds is 6. The zero-order valence-corrected chi connectivity index (χ0v) is 19.6. The molecule has 0 spiro atoms. The molecule has 0 unspecified atom stereocenters. The molecule has 31 heavy (non-hydrogen) atoms. The molecule has 1 N–H and O–H groups in total. The number of thioether (sulfide) groups is 1. The second-order valence-electron chi connectivity index (χ2n) is 7.01. The van der Waals surface area contributed by atoms with Crippen molar-refractivity contribution in [1.29, 1.82) is 0 Å². The van der Waals surface area contributed by atoms with Crippen molar-refractivity contribution in [3.8, 4) is 5.69 Å². The molecule has 0 saturated carbocycles. The Balaban J connectivity index is 1.44. The third-order valence-corrected chi connectivity index (χ3v) is 6.94. The lowest BCUT2D eigenvalue weighted by atomic mass is 10.1. The van der Waals surface area contributed by atoms with Crippen LogP contribution in [0.4, 0.5) is 5.69 Å². The molecule has 0 aliphatic rings. The van der Waals surface area contributed by atoms with Crippen LogP contribution in [0.15, 0.2) is 53.0 Å². The summed E-state index contributed by atoms with van der Waals surface area (Å²) in [5.41, 5.74) is 4.40. The zero-order chi connectivity index (χ0) is 22.0. The van der Waals surface area contributed by atoms with E-state index in [2.05, 4.69) is 20.5 Å². The quantitative estimate of drug-likeness (QED) is 0.359. The van der Waals surface area contributed by atoms with Crippen LogP contribution in [0.2, 0.25) is 5.02 Å². The van der Waals surface area contributed by atoms with Gasteiger partial charge in [-0.1, -0.05) is 35.5 Å². The Hall–Kier alpha value is -2.68. The number of aromatic nitrogens is 4. The molecular weight excluding hydrogens is 450 g/mol. The van der Waals surface area contributed by atoms with Gasteiger partial charge in [0.25, 0.3) is 5.91 Å². The largest absolute Gasteiger partial charge is 0.321 e. The number of aryl methyl sites for hydroxylation is 3. The van der Waals surface area contributed by atoms with Crippen LogP contribution in [-0.4, -0.2) is 25.7 Å². The van der Waals surface area contributed by atoms with Crippen molar-refractivity contribution in [3.63, 3.8) is 0 Å². The minimum Gasteiger partial charge on any atom is -0.321 e. The van der Waals surface area contributed by atoms with E-state index in [1.54, 1.807) is 5.38 Å². The molecule has 1 amide bonds. The first-order valence-electron chi connectivity index (χ1n) is 9.54. The molecule has 2 heterocycles. The van der Waals surface area contributed by atoms with Gasteiger partial charge in [0, 0.05) is 16.1 Å². The number of thiazole rings is 1. The Morgan fingerprint density at radius 3 is 2.74 bits per heavy atom. The minimum atomic E-state index is -0.214. The summed E-state index contributed by atoms with van der Waals surface area (Å²) in [5, 5.41) is 15.4. The van der Waals surface area contributed by atoms with E-state index in [4.69, 9.17) is 11.6 Å². The topological polar surface area (TPSA) is 72.7 Å². The van der Waals surface area contributed by atoms with E-state index in [0.29, 0.717) is 16.5 Å². The van der Waals surface area contributed by atoms with Crippen molar-refractivity contribution < 1.29 is 4.79 Å². The summed E-state index contributed by atoms with van der Waals surface area (Å²) in [6.07, 6.45) is 0. The van der Waals surface area contributed by atoms with Crippen molar-refractivity contribution >= 4 is 46.3 Å². The molecule has 0 aliphatic heterocycles. The maximum atomic E-state index is 12.6. The van der Waals surface area contributed by atoms with Crippen molar-refractivity contribution in [2.45, 2.75) is 31.7 Å². The van der Waals surface area contributed by atoms with E-state index in [9.17, 15) is 4.79 Å². The minimum absolute atomic E-state index is 0.214. The molecule has 0 aliphatic carbocycles. The fourth-order valence-corrected chi connectivity index (χ4v) is 4.95. The van der Waals surface area contributed by atoms with Crippen LogP contribution in [0.3, 0.4) is 0 Å². The van der Waals surface area contributed by atoms with E-state index in [-0.39, 0.29) is 5.91 Å². The van der Waals surface area contributed by atoms with Crippen LogP contribution >= 0.6 is 34.7 Å². The second-order valence-corrected chi connectivity index (χ2v) is 9.33. The van der Waals surface area contributed by atoms with E-state index in [1.165, 1.54) is 28.7 Å². The number of nitrogens with one attached hydrogen (secondary N) is 1. The van der Waals surface area contributed by atoms with Crippen LogP contribution in [0.25, 0.3) is 5.69 Å². The molecule has 158 valence electrons. The highest BCUT2D eigenvalue weighted by molar-refractivity contribution is 7.98. The molecule has 6 nitrogen and oxygen atoms in total. The molecular formula is C22H20ClN5OS2. The molecule has 9 heteroatoms. The average molecular weight is 470 g/mol. The summed E-state index contributed by atoms with van der Waals surface area (Å²) in [6, 6.07) is 13.4. The number of nitrogens with zero attached hydrogens (tertiary/aromatic N) is 4. The predicted octanol–water partition coefficient (Wildman–Crippen LogP) is 5.85. The number of anilines is 1. The van der Waals surface area contributed by atoms with Gasteiger partial charge in [-0.2, -0.15) is 0 Å². The average Bonchev–Trinajstić information content (AvgIpc) is 3.36. The molecule has 0 saturated heterocycles. The van der Waals surface area contributed by atoms with Gasteiger partial charge in [0.2, 0.25) is 0 Å². The maximum Gasteiger partial charge on any atom is 0.275 e. The number of hydrogen-bond acceptors (Lipinski definition) is 6. The summed E-state index contributed by atoms with van der Waals surface area (Å²) < 4.78 is 1.96. The Bertz CT molecular complexity index is 1250. The lowest BCUT2D eigenvalue weighted by Crippen LogP contribution is -2.12. The highest BCUT2D eigenvalue weighted by Crippen LogP contribution is 2.27. The molecule has 2 aromatic carbocycles. The van der Waals surface area contributed by atoms with Crippen molar-refractivity contribution in [1.82, 2.24) is 19.7 Å². The molecule has 4 rings (SSSR count). The third kappa shape index (κ3) is 4.98. The van der Waals surface area contributed by atoms with Gasteiger partial charge in [-0.05, 0) is 62.2 Å². The predicted molar refractivity (Wildman–Crippen MR) is 127 cm³/mol. The van der Waals surface area contributed by atoms with Gasteiger partial charge in [0.1, 0.15) is 16.5 Å². The second kappa shape index (κ2) is 9.21. The fourth-order valence-electron chi connectivity index (χ4n) is 2.97. The zero-order valence-electron chi connectivity index (χ0n) is 17.2. The van der Waals surface area contributed by atoms with Crippen molar-refractivity contribution in [2.75, 3.05) is 5.32 Å². The Labute approximate surface area is 193 Å². The molecule has 0 radical (unpaired) electrons.